The van der Waals surface area contributed by atoms with Gasteiger partial charge >= 0.3 is 0 Å². The minimum Gasteiger partial charge on any atom is -0.496 e. The number of carbonyl (C=O) groups excluding carboxylic acids is 1. The highest BCUT2D eigenvalue weighted by Gasteiger charge is 2.29. The number of nitrogens with one attached hydrogen (secondary N) is 2. The van der Waals surface area contributed by atoms with E-state index >= 15 is 0 Å². The van der Waals surface area contributed by atoms with Crippen LogP contribution in [0.3, 0.4) is 0 Å². The molecule has 2 aromatic rings. The van der Waals surface area contributed by atoms with Crippen molar-refractivity contribution in [2.24, 2.45) is 5.92 Å². The van der Waals surface area contributed by atoms with Crippen LogP contribution in [0.1, 0.15) is 42.5 Å². The Hall–Kier alpha value is -2.37. The molecule has 0 aliphatic carbocycles. The van der Waals surface area contributed by atoms with Crippen molar-refractivity contribution < 1.29 is 9.53 Å². The van der Waals surface area contributed by atoms with Gasteiger partial charge in [-0.2, -0.15) is 0 Å². The maximum Gasteiger partial charge on any atom is 0.229 e. The van der Waals surface area contributed by atoms with Crippen LogP contribution in [0.4, 0.5) is 5.69 Å². The predicted octanol–water partition coefficient (Wildman–Crippen LogP) is 3.43. The van der Waals surface area contributed by atoms with Crippen LogP contribution in [-0.4, -0.2) is 32.7 Å². The molecule has 0 radical (unpaired) electrons. The van der Waals surface area contributed by atoms with Gasteiger partial charge in [0.15, 0.2) is 0 Å². The Morgan fingerprint density at radius 3 is 2.79 bits per heavy atom. The van der Waals surface area contributed by atoms with Crippen LogP contribution in [0.25, 0.3) is 0 Å². The van der Waals surface area contributed by atoms with E-state index in [-0.39, 0.29) is 11.8 Å². The number of nitrogens with zero attached hydrogens (tertiary/aromatic N) is 1. The molecular formula is C24H31N3O2. The minimum absolute atomic E-state index is 0.0149. The van der Waals surface area contributed by atoms with Crippen molar-refractivity contribution in [3.8, 4) is 5.75 Å². The second-order valence-electron chi connectivity index (χ2n) is 8.27. The molecule has 154 valence electrons. The van der Waals surface area contributed by atoms with Gasteiger partial charge in [0.1, 0.15) is 5.75 Å². The van der Waals surface area contributed by atoms with Gasteiger partial charge in [-0.3, -0.25) is 4.79 Å². The van der Waals surface area contributed by atoms with Crippen LogP contribution in [0.2, 0.25) is 0 Å². The normalized spacial score (nSPS) is 24.3. The molecule has 2 aliphatic rings. The standard InChI is InChI=1S/C24H31N3O2/c1-16-12-18-14-22(29-3)19(13-21(18)27(2)24(16)28)15-26-20-10-7-11-25-23(20)17-8-5-4-6-9-17/h4-6,8-9,13-14,16,20,23,25-26H,7,10-12,15H2,1-3H3. The van der Waals surface area contributed by atoms with Gasteiger partial charge in [-0.15, -0.1) is 0 Å². The molecular weight excluding hydrogens is 362 g/mol. The smallest absolute Gasteiger partial charge is 0.229 e. The molecule has 2 aliphatic heterocycles. The van der Waals surface area contributed by atoms with Gasteiger partial charge in [0.05, 0.1) is 7.11 Å². The number of hydrogen-bond acceptors (Lipinski definition) is 4. The lowest BCUT2D eigenvalue weighted by atomic mass is 9.91. The number of anilines is 1. The Morgan fingerprint density at radius 1 is 1.24 bits per heavy atom. The molecule has 29 heavy (non-hydrogen) atoms. The monoisotopic (exact) mass is 393 g/mol. The Labute approximate surface area is 173 Å². The third-order valence-corrected chi connectivity index (χ3v) is 6.29. The van der Waals surface area contributed by atoms with Crippen LogP contribution in [0, 0.1) is 5.92 Å². The van der Waals surface area contributed by atoms with Crippen LogP contribution in [0.15, 0.2) is 42.5 Å². The van der Waals surface area contributed by atoms with Gasteiger partial charge in [0, 0.05) is 42.8 Å². The molecule has 3 unspecified atom stereocenters. The summed E-state index contributed by atoms with van der Waals surface area (Å²) in [6, 6.07) is 15.5. The van der Waals surface area contributed by atoms with E-state index in [9.17, 15) is 4.79 Å². The first kappa shape index (κ1) is 19.9. The van der Waals surface area contributed by atoms with E-state index in [4.69, 9.17) is 4.74 Å². The Kier molecular flexibility index (Phi) is 5.88. The zero-order valence-corrected chi connectivity index (χ0v) is 17.6. The van der Waals surface area contributed by atoms with Gasteiger partial charge < -0.3 is 20.3 Å². The molecule has 2 aromatic carbocycles. The van der Waals surface area contributed by atoms with Gasteiger partial charge in [0.25, 0.3) is 0 Å². The highest BCUT2D eigenvalue weighted by atomic mass is 16.5. The van der Waals surface area contributed by atoms with E-state index < -0.39 is 0 Å². The second-order valence-corrected chi connectivity index (χ2v) is 8.27. The summed E-state index contributed by atoms with van der Waals surface area (Å²) >= 11 is 0. The molecule has 1 fully saturated rings. The SMILES string of the molecule is COc1cc2c(cc1CNC1CCCNC1c1ccccc1)N(C)C(=O)C(C)C2. The van der Waals surface area contributed by atoms with Gasteiger partial charge in [-0.05, 0) is 49.1 Å². The highest BCUT2D eigenvalue weighted by Crippen LogP contribution is 2.35. The lowest BCUT2D eigenvalue weighted by Crippen LogP contribution is -2.45. The summed E-state index contributed by atoms with van der Waals surface area (Å²) in [5.74, 6) is 1.09. The largest absolute Gasteiger partial charge is 0.496 e. The summed E-state index contributed by atoms with van der Waals surface area (Å²) in [6.45, 7) is 3.75. The summed E-state index contributed by atoms with van der Waals surface area (Å²) < 4.78 is 5.70. The molecule has 2 heterocycles. The fraction of sp³-hybridized carbons (Fsp3) is 0.458. The van der Waals surface area contributed by atoms with Crippen LogP contribution in [0.5, 0.6) is 5.75 Å². The predicted molar refractivity (Wildman–Crippen MR) is 116 cm³/mol. The number of fused-ring (bicyclic) bond motifs is 1. The summed E-state index contributed by atoms with van der Waals surface area (Å²) in [5, 5.41) is 7.43. The summed E-state index contributed by atoms with van der Waals surface area (Å²) in [5.41, 5.74) is 4.60. The quantitative estimate of drug-likeness (QED) is 0.817. The summed E-state index contributed by atoms with van der Waals surface area (Å²) in [6.07, 6.45) is 3.07. The molecule has 0 bridgehead atoms. The first-order chi connectivity index (χ1) is 14.1. The molecule has 1 saturated heterocycles. The van der Waals surface area contributed by atoms with Crippen molar-refractivity contribution >= 4 is 11.6 Å². The molecule has 1 amide bonds. The maximum absolute atomic E-state index is 12.4. The molecule has 2 N–H and O–H groups in total. The van der Waals surface area contributed by atoms with Crippen LogP contribution >= 0.6 is 0 Å². The fourth-order valence-electron chi connectivity index (χ4n) is 4.68. The van der Waals surface area contributed by atoms with E-state index in [0.717, 1.165) is 42.8 Å². The first-order valence-electron chi connectivity index (χ1n) is 10.6. The zero-order chi connectivity index (χ0) is 20.4. The molecule has 0 aromatic heterocycles. The molecule has 4 rings (SSSR count). The molecule has 0 spiro atoms. The molecule has 0 saturated carbocycles. The number of methoxy groups -OCH3 is 1. The molecule has 5 nitrogen and oxygen atoms in total. The van der Waals surface area contributed by atoms with E-state index in [0.29, 0.717) is 18.6 Å². The van der Waals surface area contributed by atoms with Crippen molar-refractivity contribution in [3.63, 3.8) is 0 Å². The number of amides is 1. The van der Waals surface area contributed by atoms with Crippen molar-refractivity contribution in [2.75, 3.05) is 25.6 Å². The van der Waals surface area contributed by atoms with Gasteiger partial charge in [-0.25, -0.2) is 0 Å². The lowest BCUT2D eigenvalue weighted by molar-refractivity contribution is -0.121. The number of rotatable bonds is 5. The lowest BCUT2D eigenvalue weighted by Gasteiger charge is -2.34. The van der Waals surface area contributed by atoms with Crippen molar-refractivity contribution in [1.29, 1.82) is 0 Å². The van der Waals surface area contributed by atoms with Gasteiger partial charge in [0.2, 0.25) is 5.91 Å². The number of piperidine rings is 1. The molecule has 3 atom stereocenters. The zero-order valence-electron chi connectivity index (χ0n) is 17.6. The van der Waals surface area contributed by atoms with E-state index in [1.807, 2.05) is 14.0 Å². The fourth-order valence-corrected chi connectivity index (χ4v) is 4.68. The average Bonchev–Trinajstić information content (AvgIpc) is 2.76. The van der Waals surface area contributed by atoms with Crippen LogP contribution < -0.4 is 20.3 Å². The summed E-state index contributed by atoms with van der Waals surface area (Å²) in [4.78, 5) is 14.2. The highest BCUT2D eigenvalue weighted by molar-refractivity contribution is 5.97. The van der Waals surface area contributed by atoms with E-state index in [1.165, 1.54) is 11.1 Å². The topological polar surface area (TPSA) is 53.6 Å². The Morgan fingerprint density at radius 2 is 2.03 bits per heavy atom. The third-order valence-electron chi connectivity index (χ3n) is 6.29. The third kappa shape index (κ3) is 4.02. The van der Waals surface area contributed by atoms with Crippen molar-refractivity contribution in [3.05, 3.63) is 59.2 Å². The van der Waals surface area contributed by atoms with E-state index in [1.54, 1.807) is 12.0 Å². The molecule has 5 heteroatoms. The van der Waals surface area contributed by atoms with Crippen molar-refractivity contribution in [1.82, 2.24) is 10.6 Å². The second kappa shape index (κ2) is 8.56. The average molecular weight is 394 g/mol. The summed E-state index contributed by atoms with van der Waals surface area (Å²) in [7, 11) is 3.60. The maximum atomic E-state index is 12.4. The number of hydrogen-bond donors (Lipinski definition) is 2. The van der Waals surface area contributed by atoms with Crippen LogP contribution in [-0.2, 0) is 17.8 Å². The van der Waals surface area contributed by atoms with E-state index in [2.05, 4.69) is 53.1 Å². The number of benzene rings is 2. The first-order valence-corrected chi connectivity index (χ1v) is 10.6. The van der Waals surface area contributed by atoms with Crippen molar-refractivity contribution in [2.45, 2.75) is 44.8 Å². The minimum atomic E-state index is 0.0149. The Bertz CT molecular complexity index is 868. The van der Waals surface area contributed by atoms with Gasteiger partial charge in [-0.1, -0.05) is 37.3 Å². The Balaban J connectivity index is 1.55. The number of carbonyl (C=O) groups is 1. The number of ether oxygens (including phenoxy) is 1.